The number of rotatable bonds is 26. The number of carboxylic acid groups (broad SMARTS) is 1. The Kier molecular flexibility index (Phi) is 25.7. The number of hydrogen-bond acceptors (Lipinski definition) is 16. The van der Waals surface area contributed by atoms with Gasteiger partial charge in [0.1, 0.15) is 34.3 Å². The van der Waals surface area contributed by atoms with Crippen molar-refractivity contribution < 1.29 is 34.1 Å². The molecular weight excluding hydrogens is 1210 g/mol. The third kappa shape index (κ3) is 20.1. The first-order chi connectivity index (χ1) is 45.7. The number of pyridine rings is 2. The summed E-state index contributed by atoms with van der Waals surface area (Å²) in [6.45, 7) is 37.1. The normalized spacial score (nSPS) is 16.2. The van der Waals surface area contributed by atoms with Gasteiger partial charge in [-0.3, -0.25) is 48.2 Å². The average Bonchev–Trinajstić information content (AvgIpc) is 1.61. The largest absolute Gasteiger partial charge is 0.486 e. The van der Waals surface area contributed by atoms with Gasteiger partial charge in [-0.15, -0.1) is 15.3 Å². The highest BCUT2D eigenvalue weighted by molar-refractivity contribution is 5.79. The lowest BCUT2D eigenvalue weighted by atomic mass is 9.80. The maximum Gasteiger partial charge on any atom is 0.306 e. The molecule has 0 spiro atoms. The van der Waals surface area contributed by atoms with Gasteiger partial charge in [-0.25, -0.2) is 0 Å². The van der Waals surface area contributed by atoms with Crippen molar-refractivity contribution in [3.8, 4) is 11.5 Å². The smallest absolute Gasteiger partial charge is 0.306 e. The number of aliphatic hydroxyl groups is 1. The molecule has 3 aromatic carbocycles. The van der Waals surface area contributed by atoms with E-state index in [0.717, 1.165) is 147 Å². The van der Waals surface area contributed by atoms with Crippen molar-refractivity contribution >= 4 is 17.5 Å². The highest BCUT2D eigenvalue weighted by Crippen LogP contribution is 2.37. The fraction of sp³-hybridized carbons (Fsp3) is 0.513. The maximum absolute atomic E-state index is 12.5. The number of benzene rings is 3. The number of fused-ring (bicyclic) bond motifs is 2. The van der Waals surface area contributed by atoms with Crippen LogP contribution in [0.15, 0.2) is 110 Å². The number of aromatic nitrogens is 11. The van der Waals surface area contributed by atoms with Gasteiger partial charge in [0, 0.05) is 125 Å². The van der Waals surface area contributed by atoms with Crippen molar-refractivity contribution in [3.63, 3.8) is 0 Å². The number of hydrogen-bond donors (Lipinski definition) is 2. The Labute approximate surface area is 568 Å². The zero-order valence-corrected chi connectivity index (χ0v) is 59.4. The van der Waals surface area contributed by atoms with E-state index in [1.54, 1.807) is 37.8 Å². The molecule has 2 N–H and O–H groups in total. The molecule has 2 aliphatic heterocycles. The Morgan fingerprint density at radius 3 is 1.19 bits per heavy atom. The van der Waals surface area contributed by atoms with Gasteiger partial charge < -0.3 is 19.7 Å². The Balaban J connectivity index is 0.000000189. The van der Waals surface area contributed by atoms with E-state index in [9.17, 15) is 24.6 Å². The van der Waals surface area contributed by atoms with Crippen LogP contribution < -0.4 is 9.47 Å². The van der Waals surface area contributed by atoms with Gasteiger partial charge in [-0.2, -0.15) is 0 Å². The molecule has 8 aromatic rings. The van der Waals surface area contributed by atoms with E-state index in [2.05, 4.69) is 142 Å². The number of nitrogens with zero attached hydrogens (tertiary/aromatic N) is 13. The summed E-state index contributed by atoms with van der Waals surface area (Å²) in [5.74, 6) is 0.894. The summed E-state index contributed by atoms with van der Waals surface area (Å²) >= 11 is 0. The van der Waals surface area contributed by atoms with Gasteiger partial charge in [0.2, 0.25) is 0 Å². The summed E-state index contributed by atoms with van der Waals surface area (Å²) in [7, 11) is 0. The molecule has 10 rings (SSSR count). The van der Waals surface area contributed by atoms with Crippen LogP contribution in [0.2, 0.25) is 0 Å². The second kappa shape index (κ2) is 33.6. The number of carbonyl (C=O) groups excluding carboxylic acids is 2. The van der Waals surface area contributed by atoms with Crippen molar-refractivity contribution in [1.82, 2.24) is 64.7 Å². The number of aliphatic hydroxyl groups excluding tert-OH is 1. The van der Waals surface area contributed by atoms with Crippen molar-refractivity contribution in [2.45, 2.75) is 224 Å². The summed E-state index contributed by atoms with van der Waals surface area (Å²) in [5, 5.41) is 44.5. The van der Waals surface area contributed by atoms with Gasteiger partial charge in [0.05, 0.1) is 29.6 Å². The Hall–Kier alpha value is -8.33. The Bertz CT molecular complexity index is 3680. The van der Waals surface area contributed by atoms with Gasteiger partial charge >= 0.3 is 5.97 Å². The first-order valence-electron chi connectivity index (χ1n) is 34.2. The molecule has 96 heavy (non-hydrogen) atoms. The second-order valence-electron chi connectivity index (χ2n) is 27.8. The minimum absolute atomic E-state index is 0.0195. The van der Waals surface area contributed by atoms with E-state index >= 15 is 0 Å². The molecular formula is C76H103N13O7. The molecule has 6 unspecified atom stereocenters. The molecule has 20 heteroatoms. The number of aryl methyl sites for hydroxylation is 9. The van der Waals surface area contributed by atoms with Crippen LogP contribution >= 0.6 is 0 Å². The van der Waals surface area contributed by atoms with E-state index in [-0.39, 0.29) is 59.0 Å². The fourth-order valence-corrected chi connectivity index (χ4v) is 13.2. The zero-order chi connectivity index (χ0) is 69.4. The molecule has 0 fully saturated rings. The summed E-state index contributed by atoms with van der Waals surface area (Å²) in [4.78, 5) is 49.9. The summed E-state index contributed by atoms with van der Waals surface area (Å²) in [6, 6.07) is 23.1. The van der Waals surface area contributed by atoms with Crippen molar-refractivity contribution in [1.29, 1.82) is 0 Å². The number of carbonyl (C=O) groups is 3. The molecule has 5 aromatic heterocycles. The quantitative estimate of drug-likeness (QED) is 0.0513. The Morgan fingerprint density at radius 1 is 0.521 bits per heavy atom. The topological polar surface area (TPSA) is 235 Å². The molecule has 6 atom stereocenters. The number of Topliss-reactive ketones (excluding diaryl/α,β-unsaturated/α-hetero) is 2. The van der Waals surface area contributed by atoms with Crippen LogP contribution in [0.5, 0.6) is 11.5 Å². The van der Waals surface area contributed by atoms with E-state index < -0.39 is 11.9 Å². The van der Waals surface area contributed by atoms with Crippen LogP contribution in [0.1, 0.15) is 198 Å². The number of aliphatic carboxylic acids is 1. The highest BCUT2D eigenvalue weighted by atomic mass is 16.5. The van der Waals surface area contributed by atoms with Crippen LogP contribution in [0.4, 0.5) is 0 Å². The minimum atomic E-state index is -0.783. The summed E-state index contributed by atoms with van der Waals surface area (Å²) < 4.78 is 18.1. The fourth-order valence-electron chi connectivity index (χ4n) is 13.2. The van der Waals surface area contributed by atoms with Crippen LogP contribution in [0.25, 0.3) is 0 Å². The number of ketones is 2. The lowest BCUT2D eigenvalue weighted by molar-refractivity contribution is -0.142. The van der Waals surface area contributed by atoms with Crippen molar-refractivity contribution in [2.24, 2.45) is 17.8 Å². The van der Waals surface area contributed by atoms with Crippen LogP contribution in [-0.2, 0) is 86.1 Å². The van der Waals surface area contributed by atoms with Crippen LogP contribution in [-0.4, -0.2) is 117 Å². The van der Waals surface area contributed by atoms with E-state index in [1.807, 2.05) is 99.2 Å². The molecule has 0 aliphatic carbocycles. The highest BCUT2D eigenvalue weighted by Gasteiger charge is 2.33. The molecule has 2 aliphatic rings. The van der Waals surface area contributed by atoms with Crippen molar-refractivity contribution in [2.75, 3.05) is 13.1 Å². The van der Waals surface area contributed by atoms with E-state index in [1.165, 1.54) is 27.8 Å². The van der Waals surface area contributed by atoms with E-state index in [4.69, 9.17) is 9.47 Å². The third-order valence-electron chi connectivity index (χ3n) is 19.2. The SMILES string of the molecule is CCn1cc(CCC(c2ccc(C)c(CN3Cc4cnccc4OC(C)(C)C3)c2)C(C)C(=O)O)nn1.CCn1cc(CCC(c2ccc(C)c(CN3Cc4cnccc4OC(C)(C)C3)c2)C(C)C(C)=O)nn1.CCn1cc(CCC(c2ccc(C)c(CO)c2)C(C)C(C)=O)nn1. The standard InChI is InChI=1S/C29H39N5O2.C28H37N5O3.C19H27N3O2/c1-7-34-18-26(31-32-34)10-11-27(21(3)22(4)35)23-9-8-20(2)24(14-23)16-33-17-25-15-30-13-12-28(25)36-29(5,6)19-33;1-6-33-17-24(30-31-33)9-10-25(20(3)27(34)35)21-8-7-19(2)22(13-21)15-32-16-23-14-29-12-11-26(23)36-28(4,5)18-32;1-5-22-11-18(20-21-22)8-9-19(14(3)15(4)24)16-7-6-13(2)17(10-16)12-23/h8-9,12-15,18,21,27H,7,10-11,16-17,19H2,1-6H3;7-8,11-14,17,20,25H,6,9-10,15-16,18H2,1-5H3,(H,34,35);6-7,10-11,14,19,23H,5,8-9,12H2,1-4H3. The molecule has 0 amide bonds. The summed E-state index contributed by atoms with van der Waals surface area (Å²) in [6.07, 6.45) is 17.9. The van der Waals surface area contributed by atoms with Gasteiger partial charge in [-0.1, -0.05) is 91.0 Å². The lowest BCUT2D eigenvalue weighted by Crippen LogP contribution is -2.40. The number of ether oxygens (including phenoxy) is 2. The lowest BCUT2D eigenvalue weighted by Gasteiger charge is -2.30. The molecule has 0 bridgehead atoms. The molecule has 0 radical (unpaired) electrons. The van der Waals surface area contributed by atoms with E-state index in [0.29, 0.717) is 12.8 Å². The molecule has 20 nitrogen and oxygen atoms in total. The molecule has 0 saturated carbocycles. The third-order valence-corrected chi connectivity index (χ3v) is 19.2. The second-order valence-corrected chi connectivity index (χ2v) is 27.8. The molecule has 0 saturated heterocycles. The first kappa shape index (κ1) is 73.5. The van der Waals surface area contributed by atoms with Gasteiger partial charge in [0.25, 0.3) is 0 Å². The predicted octanol–water partition coefficient (Wildman–Crippen LogP) is 12.8. The minimum Gasteiger partial charge on any atom is -0.486 e. The average molecular weight is 1310 g/mol. The van der Waals surface area contributed by atoms with Gasteiger partial charge in [0.15, 0.2) is 0 Å². The zero-order valence-electron chi connectivity index (χ0n) is 59.4. The van der Waals surface area contributed by atoms with Crippen LogP contribution in [0, 0.1) is 38.5 Å². The maximum atomic E-state index is 12.5. The predicted molar refractivity (Wildman–Crippen MR) is 372 cm³/mol. The molecule has 7 heterocycles. The van der Waals surface area contributed by atoms with Crippen LogP contribution in [0.3, 0.4) is 0 Å². The van der Waals surface area contributed by atoms with Gasteiger partial charge in [-0.05, 0) is 202 Å². The summed E-state index contributed by atoms with van der Waals surface area (Å²) in [5.41, 5.74) is 14.7. The van der Waals surface area contributed by atoms with Crippen molar-refractivity contribution in [3.05, 3.63) is 188 Å². The Morgan fingerprint density at radius 2 is 0.865 bits per heavy atom. The first-order valence-corrected chi connectivity index (χ1v) is 34.2. The monoisotopic (exact) mass is 1310 g/mol. The molecule has 514 valence electrons. The number of carboxylic acids is 1.